The molecule has 13 nitrogen and oxygen atoms in total. The maximum Gasteiger partial charge on any atom is 0.207 e. The highest BCUT2D eigenvalue weighted by atomic mass is 16.6. The Balaban J connectivity index is 1.38. The molecule has 0 saturated heterocycles. The van der Waals surface area contributed by atoms with Gasteiger partial charge in [-0.05, 0) is 167 Å². The van der Waals surface area contributed by atoms with Gasteiger partial charge in [-0.1, -0.05) is 50.7 Å². The summed E-state index contributed by atoms with van der Waals surface area (Å²) in [6, 6.07) is 12.7. The van der Waals surface area contributed by atoms with Crippen molar-refractivity contribution in [2.75, 3.05) is 52.9 Å². The number of aliphatic hydroxyl groups excluding tert-OH is 3. The number of benzene rings is 2. The van der Waals surface area contributed by atoms with Gasteiger partial charge in [0, 0.05) is 56.5 Å². The highest BCUT2D eigenvalue weighted by Gasteiger charge is 2.57. The molecule has 10 atom stereocenters. The summed E-state index contributed by atoms with van der Waals surface area (Å²) in [5.41, 5.74) is 0.646. The molecule has 7 rings (SSSR count). The fourth-order valence-corrected chi connectivity index (χ4v) is 13.7. The van der Waals surface area contributed by atoms with Crippen molar-refractivity contribution in [3.05, 3.63) is 53.6 Å². The Labute approximate surface area is 404 Å². The highest BCUT2D eigenvalue weighted by Crippen LogP contribution is 2.64. The molecule has 2 bridgehead atoms. The lowest BCUT2D eigenvalue weighted by molar-refractivity contribution is -0.125. The number of guanidine groups is 1. The van der Waals surface area contributed by atoms with Gasteiger partial charge in [-0.3, -0.25) is 15.1 Å². The van der Waals surface area contributed by atoms with Gasteiger partial charge in [0.15, 0.2) is 35.1 Å². The zero-order valence-electron chi connectivity index (χ0n) is 41.2. The molecule has 0 amide bonds. The van der Waals surface area contributed by atoms with Crippen molar-refractivity contribution in [2.24, 2.45) is 45.9 Å². The molecule has 1 heterocycles. The van der Waals surface area contributed by atoms with Crippen molar-refractivity contribution in [1.29, 1.82) is 0 Å². The van der Waals surface area contributed by atoms with E-state index in [2.05, 4.69) is 58.0 Å². The van der Waals surface area contributed by atoms with E-state index in [1.807, 2.05) is 25.3 Å². The lowest BCUT2D eigenvalue weighted by Crippen LogP contribution is -2.50. The minimum atomic E-state index is -0.945. The van der Waals surface area contributed by atoms with E-state index in [0.29, 0.717) is 74.1 Å². The van der Waals surface area contributed by atoms with Crippen LogP contribution in [0.5, 0.6) is 23.0 Å². The third-order valence-corrected chi connectivity index (χ3v) is 16.7. The summed E-state index contributed by atoms with van der Waals surface area (Å²) in [6.07, 6.45) is 18.6. The molecule has 13 heteroatoms. The molecule has 2 aromatic rings. The van der Waals surface area contributed by atoms with Crippen LogP contribution in [-0.4, -0.2) is 96.7 Å². The first-order valence-corrected chi connectivity index (χ1v) is 25.8. The molecule has 8 N–H and O–H groups in total. The number of aliphatic hydroxyl groups is 3. The van der Waals surface area contributed by atoms with Crippen LogP contribution in [0.15, 0.2) is 47.5 Å². The number of hydrogen-bond acceptors (Lipinski definition) is 11. The maximum absolute atomic E-state index is 15.5. The molecule has 4 fully saturated rings. The summed E-state index contributed by atoms with van der Waals surface area (Å²) in [6.45, 7) is 3.20. The van der Waals surface area contributed by atoms with Gasteiger partial charge < -0.3 is 50.4 Å². The number of likely N-dealkylation sites (N-methyl/N-ethyl adjacent to an activating group) is 1. The first-order valence-electron chi connectivity index (χ1n) is 25.8. The number of phenolic OH excluding ortho intramolecular Hbond substituents is 2. The van der Waals surface area contributed by atoms with Gasteiger partial charge in [-0.25, -0.2) is 0 Å². The second kappa shape index (κ2) is 23.5. The SMILES string of the molecule is CCCC[C@H]1C[C@@H](CCCO)[C@@H]2CCC[C@@]23c2cc(c(O)c(O[C@]4(CNC)CC[C@@H](C[C@H](O)OCCCO)C4)c2)NC(=NC)NC#CC[C@H]2CCC[C@@]2(Cc2ccc(O)c(OC)c2)C(=O)/C=C/[C@@H]13. The van der Waals surface area contributed by atoms with Crippen LogP contribution in [0.25, 0.3) is 0 Å². The van der Waals surface area contributed by atoms with Gasteiger partial charge in [0.2, 0.25) is 5.96 Å². The average molecular weight is 941 g/mol. The number of aliphatic imine (C=N–C) groups is 1. The molecule has 1 spiro atoms. The van der Waals surface area contributed by atoms with Gasteiger partial charge in [-0.15, -0.1) is 0 Å². The molecule has 4 saturated carbocycles. The van der Waals surface area contributed by atoms with Gasteiger partial charge in [-0.2, -0.15) is 0 Å². The molecule has 0 unspecified atom stereocenters. The summed E-state index contributed by atoms with van der Waals surface area (Å²) < 4.78 is 18.4. The number of ether oxygens (including phenoxy) is 3. The minimum absolute atomic E-state index is 0.00314. The predicted molar refractivity (Wildman–Crippen MR) is 266 cm³/mol. The molecule has 1 aliphatic heterocycles. The predicted octanol–water partition coefficient (Wildman–Crippen LogP) is 8.11. The van der Waals surface area contributed by atoms with Crippen LogP contribution in [0.3, 0.4) is 0 Å². The van der Waals surface area contributed by atoms with E-state index in [0.717, 1.165) is 94.6 Å². The molecule has 0 aromatic heterocycles. The van der Waals surface area contributed by atoms with Gasteiger partial charge >= 0.3 is 0 Å². The molecular weight excluding hydrogens is 861 g/mol. The van der Waals surface area contributed by atoms with Crippen LogP contribution in [0, 0.1) is 52.9 Å². The van der Waals surface area contributed by atoms with E-state index in [1.54, 1.807) is 20.2 Å². The Kier molecular flexibility index (Phi) is 17.8. The number of anilines is 1. The summed E-state index contributed by atoms with van der Waals surface area (Å²) in [5.74, 6) is 5.67. The topological polar surface area (TPSA) is 194 Å². The van der Waals surface area contributed by atoms with Crippen LogP contribution in [-0.2, 0) is 21.4 Å². The lowest BCUT2D eigenvalue weighted by Gasteiger charge is -2.54. The van der Waals surface area contributed by atoms with E-state index < -0.39 is 22.7 Å². The maximum atomic E-state index is 15.5. The minimum Gasteiger partial charge on any atom is -0.504 e. The zero-order valence-corrected chi connectivity index (χ0v) is 41.2. The van der Waals surface area contributed by atoms with E-state index in [-0.39, 0.29) is 66.7 Å². The number of carbonyl (C=O) groups is 1. The summed E-state index contributed by atoms with van der Waals surface area (Å²) in [4.78, 5) is 20.0. The van der Waals surface area contributed by atoms with Crippen molar-refractivity contribution in [3.63, 3.8) is 0 Å². The van der Waals surface area contributed by atoms with Crippen LogP contribution in [0.2, 0.25) is 0 Å². The summed E-state index contributed by atoms with van der Waals surface area (Å²) in [7, 11) is 5.13. The van der Waals surface area contributed by atoms with E-state index in [9.17, 15) is 25.5 Å². The van der Waals surface area contributed by atoms with Crippen molar-refractivity contribution < 1.29 is 44.5 Å². The Morgan fingerprint density at radius 2 is 1.79 bits per heavy atom. The van der Waals surface area contributed by atoms with Gasteiger partial charge in [0.1, 0.15) is 5.60 Å². The van der Waals surface area contributed by atoms with Crippen molar-refractivity contribution >= 4 is 17.4 Å². The number of carbonyl (C=O) groups excluding carboxylic acids is 1. The molecule has 4 aliphatic carbocycles. The number of ketones is 1. The number of fused-ring (bicyclic) bond motifs is 3. The molecule has 0 radical (unpaired) electrons. The van der Waals surface area contributed by atoms with Crippen LogP contribution < -0.4 is 25.4 Å². The van der Waals surface area contributed by atoms with Crippen molar-refractivity contribution in [3.8, 4) is 35.0 Å². The number of phenols is 2. The second-order valence-electron chi connectivity index (χ2n) is 20.7. The van der Waals surface area contributed by atoms with Crippen LogP contribution in [0.1, 0.15) is 134 Å². The largest absolute Gasteiger partial charge is 0.504 e. The molecule has 5 aliphatic rings. The van der Waals surface area contributed by atoms with Crippen molar-refractivity contribution in [1.82, 2.24) is 10.6 Å². The normalized spacial score (nSPS) is 31.7. The van der Waals surface area contributed by atoms with Crippen LogP contribution in [0.4, 0.5) is 5.69 Å². The molecule has 68 heavy (non-hydrogen) atoms. The van der Waals surface area contributed by atoms with Crippen LogP contribution >= 0.6 is 0 Å². The lowest BCUT2D eigenvalue weighted by atomic mass is 9.50. The van der Waals surface area contributed by atoms with E-state index in [1.165, 1.54) is 0 Å². The number of methoxy groups -OCH3 is 1. The molecular formula is C55H80N4O9. The standard InChI is InChI=1S/C55H80N4O9/c1-5-6-12-39-31-40(13-10-26-60)43-16-8-23-55(43)42-32-45(51(65)48(33-42)68-53(36-56-2)24-21-38(34-53)30-50(64)67-28-11-27-61)59-52(57-3)58-25-9-15-41-14-7-22-54(41,49(63)20-18-44(39)55)35-37-17-19-46(62)47(29-37)66-4/h17-20,29,32-33,38-41,43-44,50,56,60-62,64-65H,5-8,10-16,21-24,26-28,30-31,34-36H2,1-4H3,(H2,57,58,59)/b20-18+/t38-,39-,40+,41+,43-,44-,50+,53+,54-,55+/m0/s1. The number of unbranched alkanes of at least 4 members (excludes halogenated alkanes) is 1. The molecule has 374 valence electrons. The third kappa shape index (κ3) is 11.2. The fraction of sp³-hybridized carbons (Fsp3) is 0.673. The Morgan fingerprint density at radius 1 is 0.985 bits per heavy atom. The van der Waals surface area contributed by atoms with Crippen molar-refractivity contribution in [2.45, 2.75) is 146 Å². The highest BCUT2D eigenvalue weighted by molar-refractivity contribution is 5.97. The Bertz CT molecular complexity index is 2140. The monoisotopic (exact) mass is 941 g/mol. The Hall–Kier alpha value is -4.32. The number of allylic oxidation sites excluding steroid dienone is 2. The second-order valence-corrected chi connectivity index (χ2v) is 20.7. The quantitative estimate of drug-likeness (QED) is 0.0292. The Morgan fingerprint density at radius 3 is 2.56 bits per heavy atom. The fourth-order valence-electron chi connectivity index (χ4n) is 13.7. The smallest absolute Gasteiger partial charge is 0.207 e. The number of nitrogens with zero attached hydrogens (tertiary/aromatic N) is 1. The zero-order chi connectivity index (χ0) is 48.3. The summed E-state index contributed by atoms with van der Waals surface area (Å²) >= 11 is 0. The van der Waals surface area contributed by atoms with E-state index in [4.69, 9.17) is 14.2 Å². The van der Waals surface area contributed by atoms with Gasteiger partial charge in [0.25, 0.3) is 0 Å². The molecule has 2 aromatic carbocycles. The average Bonchev–Trinajstić information content (AvgIpc) is 4.07. The number of rotatable bonds is 19. The number of hydrogen-bond donors (Lipinski definition) is 8. The first kappa shape index (κ1) is 51.5. The third-order valence-electron chi connectivity index (χ3n) is 16.7. The number of aromatic hydroxyl groups is 2. The number of nitrogens with one attached hydrogen (secondary N) is 3. The van der Waals surface area contributed by atoms with E-state index >= 15 is 4.79 Å². The summed E-state index contributed by atoms with van der Waals surface area (Å²) in [5, 5.41) is 63.2. The van der Waals surface area contributed by atoms with Gasteiger partial charge in [0.05, 0.1) is 19.4 Å². The first-order chi connectivity index (χ1) is 33.0.